The fraction of sp³-hybridized carbons (Fsp3) is 0.103. The summed E-state index contributed by atoms with van der Waals surface area (Å²) < 4.78 is 5.29. The van der Waals surface area contributed by atoms with Gasteiger partial charge in [-0.05, 0) is 67.2 Å². The quantitative estimate of drug-likeness (QED) is 0.170. The Balaban J connectivity index is 1.49. The Morgan fingerprint density at radius 3 is 2.17 bits per heavy atom. The van der Waals surface area contributed by atoms with E-state index in [1.54, 1.807) is 13.2 Å². The molecule has 0 spiro atoms. The molecule has 4 rings (SSSR count). The maximum Gasteiger partial charge on any atom is 0.242 e. The van der Waals surface area contributed by atoms with Crippen LogP contribution < -0.4 is 20.7 Å². The third-order valence-electron chi connectivity index (χ3n) is 5.33. The molecule has 5 nitrogen and oxygen atoms in total. The minimum absolute atomic E-state index is 0.116. The van der Waals surface area contributed by atoms with Gasteiger partial charge in [0.2, 0.25) is 5.91 Å². The highest BCUT2D eigenvalue weighted by Crippen LogP contribution is 2.37. The molecule has 1 amide bonds. The molecule has 0 aromatic heterocycles. The van der Waals surface area contributed by atoms with E-state index in [4.69, 9.17) is 17.0 Å². The number of carbonyl (C=O) groups is 1. The number of hydrogen-bond acceptors (Lipinski definition) is 4. The zero-order valence-corrected chi connectivity index (χ0v) is 21.7. The number of hydrogen-bond donors (Lipinski definition) is 3. The second kappa shape index (κ2) is 12.2. The number of anilines is 3. The van der Waals surface area contributed by atoms with Gasteiger partial charge in [-0.15, -0.1) is 11.8 Å². The number of benzene rings is 4. The maximum absolute atomic E-state index is 13.4. The van der Waals surface area contributed by atoms with E-state index in [0.29, 0.717) is 16.5 Å². The molecule has 0 aliphatic heterocycles. The predicted molar refractivity (Wildman–Crippen MR) is 154 cm³/mol. The van der Waals surface area contributed by atoms with Gasteiger partial charge in [0.1, 0.15) is 11.0 Å². The molecule has 7 heteroatoms. The molecule has 36 heavy (non-hydrogen) atoms. The monoisotopic (exact) mass is 513 g/mol. The molecule has 3 N–H and O–H groups in total. The van der Waals surface area contributed by atoms with Crippen LogP contribution in [0.2, 0.25) is 0 Å². The lowest BCUT2D eigenvalue weighted by atomic mass is 10.1. The summed E-state index contributed by atoms with van der Waals surface area (Å²) in [6.07, 6.45) is 0. The molecule has 0 bridgehead atoms. The molecule has 182 valence electrons. The van der Waals surface area contributed by atoms with Crippen LogP contribution >= 0.6 is 24.0 Å². The molecular weight excluding hydrogens is 486 g/mol. The summed E-state index contributed by atoms with van der Waals surface area (Å²) in [5.41, 5.74) is 4.54. The fourth-order valence-corrected chi connectivity index (χ4v) is 4.84. The summed E-state index contributed by atoms with van der Waals surface area (Å²) in [6, 6.07) is 33.0. The first-order valence-electron chi connectivity index (χ1n) is 11.4. The van der Waals surface area contributed by atoms with Gasteiger partial charge in [0, 0.05) is 28.0 Å². The standard InChI is InChI=1S/C29H27N3O2S2/c1-20-14-16-22(17-15-20)31-29(35)32-24-11-7-13-26(19-24)36-27(21-8-4-3-5-9-21)28(33)30-23-10-6-12-25(18-23)34-2/h3-19,27H,1-2H3,(H,30,33)(H2,31,32,35). The van der Waals surface area contributed by atoms with Gasteiger partial charge in [-0.1, -0.05) is 60.2 Å². The molecule has 1 unspecified atom stereocenters. The van der Waals surface area contributed by atoms with Crippen molar-refractivity contribution < 1.29 is 9.53 Å². The lowest BCUT2D eigenvalue weighted by Crippen LogP contribution is -2.19. The van der Waals surface area contributed by atoms with Crippen molar-refractivity contribution in [1.82, 2.24) is 0 Å². The molecule has 0 aliphatic rings. The summed E-state index contributed by atoms with van der Waals surface area (Å²) in [4.78, 5) is 14.3. The minimum Gasteiger partial charge on any atom is -0.497 e. The molecule has 0 saturated carbocycles. The predicted octanol–water partition coefficient (Wildman–Crippen LogP) is 7.28. The van der Waals surface area contributed by atoms with E-state index in [-0.39, 0.29) is 5.91 Å². The number of thioether (sulfide) groups is 1. The molecule has 0 radical (unpaired) electrons. The van der Waals surface area contributed by atoms with Crippen molar-refractivity contribution in [2.75, 3.05) is 23.1 Å². The summed E-state index contributed by atoms with van der Waals surface area (Å²) >= 11 is 6.97. The van der Waals surface area contributed by atoms with E-state index in [1.807, 2.05) is 104 Å². The Kier molecular flexibility index (Phi) is 8.60. The van der Waals surface area contributed by atoms with Gasteiger partial charge < -0.3 is 20.7 Å². The molecule has 0 fully saturated rings. The van der Waals surface area contributed by atoms with Crippen molar-refractivity contribution in [2.24, 2.45) is 0 Å². The first-order valence-corrected chi connectivity index (χ1v) is 12.7. The SMILES string of the molecule is COc1cccc(NC(=O)C(Sc2cccc(NC(=S)Nc3ccc(C)cc3)c2)c2ccccc2)c1. The van der Waals surface area contributed by atoms with Gasteiger partial charge in [-0.2, -0.15) is 0 Å². The Morgan fingerprint density at radius 1 is 0.778 bits per heavy atom. The highest BCUT2D eigenvalue weighted by atomic mass is 32.2. The van der Waals surface area contributed by atoms with Crippen molar-refractivity contribution in [3.63, 3.8) is 0 Å². The molecule has 0 heterocycles. The van der Waals surface area contributed by atoms with E-state index in [1.165, 1.54) is 17.3 Å². The van der Waals surface area contributed by atoms with Crippen molar-refractivity contribution >= 4 is 52.1 Å². The number of aryl methyl sites for hydroxylation is 1. The van der Waals surface area contributed by atoms with E-state index in [0.717, 1.165) is 21.8 Å². The number of methoxy groups -OCH3 is 1. The van der Waals surface area contributed by atoms with Crippen LogP contribution in [0.25, 0.3) is 0 Å². The van der Waals surface area contributed by atoms with Crippen molar-refractivity contribution in [1.29, 1.82) is 0 Å². The minimum atomic E-state index is -0.453. The summed E-state index contributed by atoms with van der Waals surface area (Å²) in [5, 5.41) is 9.50. The Bertz CT molecular complexity index is 1330. The summed E-state index contributed by atoms with van der Waals surface area (Å²) in [6.45, 7) is 2.04. The lowest BCUT2D eigenvalue weighted by molar-refractivity contribution is -0.115. The second-order valence-electron chi connectivity index (χ2n) is 8.10. The zero-order valence-electron chi connectivity index (χ0n) is 20.0. The highest BCUT2D eigenvalue weighted by Gasteiger charge is 2.22. The van der Waals surface area contributed by atoms with E-state index in [2.05, 4.69) is 16.0 Å². The van der Waals surface area contributed by atoms with Crippen LogP contribution in [0.3, 0.4) is 0 Å². The number of carbonyl (C=O) groups excluding carboxylic acids is 1. The molecule has 0 aliphatic carbocycles. The number of nitrogens with one attached hydrogen (secondary N) is 3. The molecule has 0 saturated heterocycles. The van der Waals surface area contributed by atoms with Crippen LogP contribution in [0.5, 0.6) is 5.75 Å². The number of rotatable bonds is 8. The number of amides is 1. The van der Waals surface area contributed by atoms with Crippen LogP contribution in [-0.4, -0.2) is 18.1 Å². The van der Waals surface area contributed by atoms with Crippen LogP contribution in [0.15, 0.2) is 108 Å². The lowest BCUT2D eigenvalue weighted by Gasteiger charge is -2.18. The van der Waals surface area contributed by atoms with Gasteiger partial charge in [0.05, 0.1) is 7.11 Å². The highest BCUT2D eigenvalue weighted by molar-refractivity contribution is 8.00. The van der Waals surface area contributed by atoms with Crippen molar-refractivity contribution in [3.05, 3.63) is 114 Å². The average molecular weight is 514 g/mol. The second-order valence-corrected chi connectivity index (χ2v) is 9.69. The van der Waals surface area contributed by atoms with Crippen LogP contribution in [0, 0.1) is 6.92 Å². The smallest absolute Gasteiger partial charge is 0.242 e. The van der Waals surface area contributed by atoms with Crippen molar-refractivity contribution in [3.8, 4) is 5.75 Å². The van der Waals surface area contributed by atoms with Gasteiger partial charge in [-0.25, -0.2) is 0 Å². The molecule has 4 aromatic rings. The van der Waals surface area contributed by atoms with Gasteiger partial charge >= 0.3 is 0 Å². The van der Waals surface area contributed by atoms with Gasteiger partial charge in [0.15, 0.2) is 5.11 Å². The third-order valence-corrected chi connectivity index (χ3v) is 6.79. The summed E-state index contributed by atoms with van der Waals surface area (Å²) in [7, 11) is 1.60. The summed E-state index contributed by atoms with van der Waals surface area (Å²) in [5.74, 6) is 0.570. The Labute approximate surface area is 221 Å². The number of ether oxygens (including phenoxy) is 1. The molecule has 1 atom stereocenters. The van der Waals surface area contributed by atoms with Crippen molar-refractivity contribution in [2.45, 2.75) is 17.1 Å². The normalized spacial score (nSPS) is 11.3. The average Bonchev–Trinajstić information content (AvgIpc) is 2.89. The largest absolute Gasteiger partial charge is 0.497 e. The topological polar surface area (TPSA) is 62.4 Å². The zero-order chi connectivity index (χ0) is 25.3. The molecule has 4 aromatic carbocycles. The van der Waals surface area contributed by atoms with E-state index < -0.39 is 5.25 Å². The van der Waals surface area contributed by atoms with Gasteiger partial charge in [0.25, 0.3) is 0 Å². The maximum atomic E-state index is 13.4. The van der Waals surface area contributed by atoms with Crippen LogP contribution in [0.4, 0.5) is 17.1 Å². The van der Waals surface area contributed by atoms with E-state index >= 15 is 0 Å². The third kappa shape index (κ3) is 7.10. The first kappa shape index (κ1) is 25.3. The van der Waals surface area contributed by atoms with Crippen LogP contribution in [0.1, 0.15) is 16.4 Å². The Hall–Kier alpha value is -3.81. The fourth-order valence-electron chi connectivity index (χ4n) is 3.52. The molecular formula is C29H27N3O2S2. The van der Waals surface area contributed by atoms with E-state index in [9.17, 15) is 4.79 Å². The van der Waals surface area contributed by atoms with Gasteiger partial charge in [-0.3, -0.25) is 4.79 Å². The Morgan fingerprint density at radius 2 is 1.44 bits per heavy atom. The number of thiocarbonyl (C=S) groups is 1. The first-order chi connectivity index (χ1) is 17.5. The van der Waals surface area contributed by atoms with Crippen LogP contribution in [-0.2, 0) is 4.79 Å².